The quantitative estimate of drug-likeness (QED) is 0.430. The minimum absolute atomic E-state index is 0.0569. The first-order valence-corrected chi connectivity index (χ1v) is 11.8. The summed E-state index contributed by atoms with van der Waals surface area (Å²) in [5.74, 6) is -1.35. The molecule has 2 atom stereocenters. The summed E-state index contributed by atoms with van der Waals surface area (Å²) in [6.45, 7) is 2.48. The second kappa shape index (κ2) is 7.69. The van der Waals surface area contributed by atoms with Crippen LogP contribution in [0.4, 0.5) is 0 Å². The molecule has 0 aliphatic heterocycles. The van der Waals surface area contributed by atoms with E-state index in [4.69, 9.17) is 10.9 Å². The lowest BCUT2D eigenvalue weighted by Crippen LogP contribution is -2.60. The number of Topliss-reactive ketones (excluding diaryl/α,β-unsaturated/α-hetero) is 1. The summed E-state index contributed by atoms with van der Waals surface area (Å²) in [6.07, 6.45) is 2.81. The second-order valence-corrected chi connectivity index (χ2v) is 10.2. The standard InChI is InChI=1S/C18H19N5O6S2/c1-10-5-3-7-21-14(10)13-9-12-6-4-8-22-15(12)16(23-13)17(30(20,25)26)18(19,11(2)24)31(27,28)29/h3-9,17H,19H2,1-2H3,(H2,20,25,26)(H,27,28,29). The van der Waals surface area contributed by atoms with Gasteiger partial charge < -0.3 is 5.73 Å². The molecule has 0 saturated heterocycles. The highest BCUT2D eigenvalue weighted by molar-refractivity contribution is 7.93. The monoisotopic (exact) mass is 465 g/mol. The summed E-state index contributed by atoms with van der Waals surface area (Å²) in [5, 5.41) is 3.24. The number of carbonyl (C=O) groups excluding carboxylic acids is 1. The zero-order chi connectivity index (χ0) is 23.2. The second-order valence-electron chi connectivity index (χ2n) is 6.93. The number of hydrogen-bond acceptors (Lipinski definition) is 9. The number of sulfonamides is 1. The number of aromatic nitrogens is 3. The predicted octanol–water partition coefficient (Wildman–Crippen LogP) is 0.462. The Bertz CT molecular complexity index is 1410. The average Bonchev–Trinajstić information content (AvgIpc) is 2.66. The van der Waals surface area contributed by atoms with Crippen LogP contribution in [0.5, 0.6) is 0 Å². The molecule has 0 spiro atoms. The fourth-order valence-electron chi connectivity index (χ4n) is 3.27. The molecule has 0 bridgehead atoms. The van der Waals surface area contributed by atoms with Crippen molar-refractivity contribution in [3.63, 3.8) is 0 Å². The third kappa shape index (κ3) is 3.93. The van der Waals surface area contributed by atoms with Crippen molar-refractivity contribution >= 4 is 36.8 Å². The average molecular weight is 466 g/mol. The van der Waals surface area contributed by atoms with Crippen LogP contribution in [0.25, 0.3) is 22.3 Å². The van der Waals surface area contributed by atoms with E-state index >= 15 is 0 Å². The Kier molecular flexibility index (Phi) is 5.67. The van der Waals surface area contributed by atoms with E-state index in [2.05, 4.69) is 15.0 Å². The van der Waals surface area contributed by atoms with Gasteiger partial charge in [-0.3, -0.25) is 19.3 Å². The normalized spacial score (nSPS) is 15.4. The molecule has 164 valence electrons. The molecule has 2 unspecified atom stereocenters. The largest absolute Gasteiger partial charge is 0.303 e. The van der Waals surface area contributed by atoms with Gasteiger partial charge >= 0.3 is 0 Å². The summed E-state index contributed by atoms with van der Waals surface area (Å²) in [5.41, 5.74) is 6.44. The highest BCUT2D eigenvalue weighted by atomic mass is 32.2. The third-order valence-corrected chi connectivity index (χ3v) is 7.59. The van der Waals surface area contributed by atoms with E-state index in [0.717, 1.165) is 6.92 Å². The molecular formula is C18H19N5O6S2. The van der Waals surface area contributed by atoms with E-state index in [1.807, 2.05) is 0 Å². The fourth-order valence-corrected chi connectivity index (χ4v) is 5.91. The van der Waals surface area contributed by atoms with Crippen LogP contribution in [-0.2, 0) is 24.9 Å². The van der Waals surface area contributed by atoms with Crippen LogP contribution < -0.4 is 10.9 Å². The molecule has 0 aromatic carbocycles. The number of hydrogen-bond donors (Lipinski definition) is 3. The lowest BCUT2D eigenvalue weighted by atomic mass is 10.0. The van der Waals surface area contributed by atoms with Gasteiger partial charge in [0.15, 0.2) is 11.0 Å². The van der Waals surface area contributed by atoms with Crippen LogP contribution in [0.15, 0.2) is 42.7 Å². The van der Waals surface area contributed by atoms with Crippen LogP contribution in [0, 0.1) is 6.92 Å². The van der Waals surface area contributed by atoms with Crippen molar-refractivity contribution in [2.45, 2.75) is 24.0 Å². The lowest BCUT2D eigenvalue weighted by Gasteiger charge is -2.30. The first-order chi connectivity index (χ1) is 14.3. The highest BCUT2D eigenvalue weighted by Crippen LogP contribution is 2.38. The third-order valence-electron chi connectivity index (χ3n) is 4.81. The number of carbonyl (C=O) groups is 1. The molecule has 3 rings (SSSR count). The molecule has 3 aromatic heterocycles. The topological polar surface area (TPSA) is 196 Å². The van der Waals surface area contributed by atoms with Crippen LogP contribution in [-0.4, -0.2) is 47.0 Å². The first kappa shape index (κ1) is 22.8. The van der Waals surface area contributed by atoms with Gasteiger partial charge in [-0.05, 0) is 37.6 Å². The van der Waals surface area contributed by atoms with Crippen molar-refractivity contribution in [3.05, 3.63) is 54.0 Å². The van der Waals surface area contributed by atoms with Crippen molar-refractivity contribution in [1.82, 2.24) is 15.0 Å². The van der Waals surface area contributed by atoms with E-state index in [-0.39, 0.29) is 11.2 Å². The van der Waals surface area contributed by atoms with Crippen LogP contribution in [0.3, 0.4) is 0 Å². The Morgan fingerprint density at radius 3 is 2.29 bits per heavy atom. The Morgan fingerprint density at radius 1 is 1.13 bits per heavy atom. The van der Waals surface area contributed by atoms with Crippen molar-refractivity contribution < 1.29 is 26.2 Å². The number of aryl methyl sites for hydroxylation is 1. The minimum Gasteiger partial charge on any atom is -0.303 e. The van der Waals surface area contributed by atoms with Crippen LogP contribution >= 0.6 is 0 Å². The Morgan fingerprint density at radius 2 is 1.74 bits per heavy atom. The summed E-state index contributed by atoms with van der Waals surface area (Å²) in [4.78, 5) is 21.5. The van der Waals surface area contributed by atoms with Gasteiger partial charge in [0.25, 0.3) is 10.1 Å². The molecule has 3 heterocycles. The molecular weight excluding hydrogens is 446 g/mol. The summed E-state index contributed by atoms with van der Waals surface area (Å²) < 4.78 is 59.2. The summed E-state index contributed by atoms with van der Waals surface area (Å²) >= 11 is 0. The van der Waals surface area contributed by atoms with E-state index < -0.39 is 41.7 Å². The van der Waals surface area contributed by atoms with Crippen LogP contribution in [0.1, 0.15) is 23.4 Å². The maximum atomic E-state index is 12.6. The molecule has 5 N–H and O–H groups in total. The smallest absolute Gasteiger partial charge is 0.293 e. The molecule has 3 aromatic rings. The van der Waals surface area contributed by atoms with Gasteiger partial charge in [-0.15, -0.1) is 0 Å². The summed E-state index contributed by atoms with van der Waals surface area (Å²) in [6, 6.07) is 8.15. The van der Waals surface area contributed by atoms with Gasteiger partial charge in [-0.25, -0.2) is 18.5 Å². The zero-order valence-electron chi connectivity index (χ0n) is 16.4. The summed E-state index contributed by atoms with van der Waals surface area (Å²) in [7, 11) is -10.4. The van der Waals surface area contributed by atoms with Gasteiger partial charge in [0.2, 0.25) is 14.9 Å². The molecule has 0 saturated carbocycles. The number of nitrogens with two attached hydrogens (primary N) is 2. The van der Waals surface area contributed by atoms with Crippen molar-refractivity contribution in [2.24, 2.45) is 10.9 Å². The Labute approximate surface area is 178 Å². The van der Waals surface area contributed by atoms with Crippen molar-refractivity contribution in [2.75, 3.05) is 0 Å². The molecule has 0 aliphatic carbocycles. The number of nitrogens with zero attached hydrogens (tertiary/aromatic N) is 3. The van der Waals surface area contributed by atoms with Gasteiger partial charge in [0, 0.05) is 17.8 Å². The Hall–Kier alpha value is -2.84. The van der Waals surface area contributed by atoms with Crippen molar-refractivity contribution in [3.8, 4) is 11.4 Å². The number of fused-ring (bicyclic) bond motifs is 1. The van der Waals surface area contributed by atoms with Gasteiger partial charge in [-0.1, -0.05) is 12.1 Å². The first-order valence-electron chi connectivity index (χ1n) is 8.74. The fraction of sp³-hybridized carbons (Fsp3) is 0.222. The van der Waals surface area contributed by atoms with E-state index in [9.17, 15) is 26.2 Å². The molecule has 0 amide bonds. The van der Waals surface area contributed by atoms with Gasteiger partial charge in [-0.2, -0.15) is 8.42 Å². The number of rotatable bonds is 6. The molecule has 11 nitrogen and oxygen atoms in total. The zero-order valence-corrected chi connectivity index (χ0v) is 18.1. The maximum absolute atomic E-state index is 12.6. The lowest BCUT2D eigenvalue weighted by molar-refractivity contribution is -0.119. The molecule has 31 heavy (non-hydrogen) atoms. The molecule has 13 heteroatoms. The van der Waals surface area contributed by atoms with Gasteiger partial charge in [0.1, 0.15) is 0 Å². The molecule has 0 aliphatic rings. The molecule has 0 radical (unpaired) electrons. The Balaban J connectivity index is 2.51. The van der Waals surface area contributed by atoms with Crippen molar-refractivity contribution in [1.29, 1.82) is 0 Å². The maximum Gasteiger partial charge on any atom is 0.293 e. The van der Waals surface area contributed by atoms with E-state index in [1.54, 1.807) is 37.3 Å². The molecule has 0 fully saturated rings. The van der Waals surface area contributed by atoms with Gasteiger partial charge in [0.05, 0.1) is 22.6 Å². The number of ketones is 1. The number of pyridine rings is 3. The highest BCUT2D eigenvalue weighted by Gasteiger charge is 2.58. The van der Waals surface area contributed by atoms with Crippen LogP contribution in [0.2, 0.25) is 0 Å². The SMILES string of the molecule is CC(=O)C(N)(C(c1nc(-c2ncccc2C)cc2cccnc12)S(N)(=O)=O)S(=O)(=O)O. The van der Waals surface area contributed by atoms with E-state index in [0.29, 0.717) is 16.6 Å². The van der Waals surface area contributed by atoms with E-state index in [1.165, 1.54) is 12.4 Å². The number of primary sulfonamides is 1. The predicted molar refractivity (Wildman–Crippen MR) is 113 cm³/mol. The minimum atomic E-state index is -5.46.